The summed E-state index contributed by atoms with van der Waals surface area (Å²) in [6, 6.07) is 0.197. The fourth-order valence-electron chi connectivity index (χ4n) is 2.10. The average Bonchev–Trinajstić information content (AvgIpc) is 3.03. The van der Waals surface area contributed by atoms with E-state index >= 15 is 0 Å². The van der Waals surface area contributed by atoms with Gasteiger partial charge in [-0.05, 0) is 26.7 Å². The van der Waals surface area contributed by atoms with Crippen LogP contribution in [-0.2, 0) is 13.0 Å². The Morgan fingerprint density at radius 3 is 2.85 bits per heavy atom. The maximum Gasteiger partial charge on any atom is 0.203 e. The number of imidazole rings is 1. The van der Waals surface area contributed by atoms with E-state index in [0.29, 0.717) is 0 Å². The summed E-state index contributed by atoms with van der Waals surface area (Å²) in [4.78, 5) is 10.4. The zero-order chi connectivity index (χ0) is 14.5. The van der Waals surface area contributed by atoms with Gasteiger partial charge in [-0.3, -0.25) is 0 Å². The fourth-order valence-corrected chi connectivity index (χ4v) is 2.96. The van der Waals surface area contributed by atoms with Gasteiger partial charge < -0.3 is 9.88 Å². The number of nitrogens with zero attached hydrogens (tertiary/aromatic N) is 3. The molecule has 0 fully saturated rings. The normalized spacial score (nSPS) is 12.6. The molecule has 5 heteroatoms. The van der Waals surface area contributed by atoms with E-state index in [0.717, 1.165) is 29.6 Å². The molecule has 0 amide bonds. The number of thiazole rings is 1. The second-order valence-corrected chi connectivity index (χ2v) is 6.28. The molecule has 1 unspecified atom stereocenters. The molecule has 20 heavy (non-hydrogen) atoms. The largest absolute Gasteiger partial charge is 0.347 e. The van der Waals surface area contributed by atoms with Gasteiger partial charge in [-0.2, -0.15) is 0 Å². The lowest BCUT2D eigenvalue weighted by molar-refractivity contribution is 0.630. The summed E-state index contributed by atoms with van der Waals surface area (Å²) in [6.45, 7) is 9.57. The number of hydrogen-bond donors (Lipinski definition) is 1. The first kappa shape index (κ1) is 15.0. The van der Waals surface area contributed by atoms with E-state index in [9.17, 15) is 0 Å². The van der Waals surface area contributed by atoms with Gasteiger partial charge in [-0.25, -0.2) is 9.97 Å². The fraction of sp³-hybridized carbons (Fsp3) is 0.600. The first-order chi connectivity index (χ1) is 9.63. The van der Waals surface area contributed by atoms with E-state index in [-0.39, 0.29) is 6.04 Å². The summed E-state index contributed by atoms with van der Waals surface area (Å²) in [5.74, 6) is 0.955. The highest BCUT2D eigenvalue weighted by Gasteiger charge is 2.13. The molecule has 0 aliphatic carbocycles. The molecule has 0 saturated heterocycles. The Hall–Kier alpha value is -1.36. The average molecular weight is 292 g/mol. The maximum atomic E-state index is 4.58. The molecular formula is C15H24N4S. The van der Waals surface area contributed by atoms with Crippen molar-refractivity contribution in [2.75, 3.05) is 5.32 Å². The molecule has 2 rings (SSSR count). The molecule has 0 radical (unpaired) electrons. The van der Waals surface area contributed by atoms with Crippen molar-refractivity contribution in [3.63, 3.8) is 0 Å². The molecular weight excluding hydrogens is 268 g/mol. The van der Waals surface area contributed by atoms with E-state index in [1.807, 2.05) is 13.1 Å². The topological polar surface area (TPSA) is 42.7 Å². The minimum Gasteiger partial charge on any atom is -0.347 e. The van der Waals surface area contributed by atoms with Crippen molar-refractivity contribution in [2.24, 2.45) is 0 Å². The third-order valence-electron chi connectivity index (χ3n) is 3.29. The molecule has 2 aromatic rings. The van der Waals surface area contributed by atoms with Gasteiger partial charge in [-0.1, -0.05) is 20.3 Å². The maximum absolute atomic E-state index is 4.58. The molecule has 2 heterocycles. The van der Waals surface area contributed by atoms with Gasteiger partial charge in [0.25, 0.3) is 0 Å². The van der Waals surface area contributed by atoms with Gasteiger partial charge in [0.1, 0.15) is 5.01 Å². The third-order valence-corrected chi connectivity index (χ3v) is 4.61. The van der Waals surface area contributed by atoms with E-state index in [1.165, 1.54) is 17.7 Å². The predicted octanol–water partition coefficient (Wildman–Crippen LogP) is 4.18. The minimum atomic E-state index is 0.197. The molecule has 0 saturated carbocycles. The highest BCUT2D eigenvalue weighted by molar-refractivity contribution is 7.11. The van der Waals surface area contributed by atoms with Crippen LogP contribution in [0.5, 0.6) is 0 Å². The van der Waals surface area contributed by atoms with E-state index in [4.69, 9.17) is 0 Å². The summed E-state index contributed by atoms with van der Waals surface area (Å²) >= 11 is 1.78. The van der Waals surface area contributed by atoms with Crippen molar-refractivity contribution in [1.82, 2.24) is 14.5 Å². The van der Waals surface area contributed by atoms with Crippen molar-refractivity contribution in [1.29, 1.82) is 0 Å². The van der Waals surface area contributed by atoms with E-state index < -0.39 is 0 Å². The van der Waals surface area contributed by atoms with Gasteiger partial charge in [0, 0.05) is 23.8 Å². The minimum absolute atomic E-state index is 0.197. The number of rotatable bonds is 7. The molecule has 0 bridgehead atoms. The number of aryl methyl sites for hydroxylation is 3. The summed E-state index contributed by atoms with van der Waals surface area (Å²) in [7, 11) is 0. The lowest BCUT2D eigenvalue weighted by atomic mass is 10.3. The molecule has 2 aromatic heterocycles. The third kappa shape index (κ3) is 3.60. The highest BCUT2D eigenvalue weighted by atomic mass is 32.1. The molecule has 1 atom stereocenters. The first-order valence-corrected chi connectivity index (χ1v) is 8.20. The Kier molecular flexibility index (Phi) is 5.17. The number of unbranched alkanes of at least 4 members (excludes halogenated alkanes) is 1. The van der Waals surface area contributed by atoms with Crippen LogP contribution in [0.25, 0.3) is 0 Å². The van der Waals surface area contributed by atoms with Crippen molar-refractivity contribution in [3.05, 3.63) is 28.0 Å². The SMILES string of the molecule is CCCCn1cc(C)nc1NC(C)c1ncc(CC)s1. The summed E-state index contributed by atoms with van der Waals surface area (Å²) in [6.07, 6.45) is 7.51. The Bertz CT molecular complexity index is 544. The zero-order valence-corrected chi connectivity index (χ0v) is 13.6. The van der Waals surface area contributed by atoms with Crippen LogP contribution in [0.2, 0.25) is 0 Å². The second kappa shape index (κ2) is 6.88. The number of anilines is 1. The smallest absolute Gasteiger partial charge is 0.203 e. The first-order valence-electron chi connectivity index (χ1n) is 7.39. The van der Waals surface area contributed by atoms with Crippen molar-refractivity contribution in [3.8, 4) is 0 Å². The van der Waals surface area contributed by atoms with Crippen LogP contribution in [0.15, 0.2) is 12.4 Å². The predicted molar refractivity (Wildman–Crippen MR) is 85.4 cm³/mol. The Morgan fingerprint density at radius 2 is 2.20 bits per heavy atom. The monoisotopic (exact) mass is 292 g/mol. The van der Waals surface area contributed by atoms with Gasteiger partial charge in [0.2, 0.25) is 5.95 Å². The van der Waals surface area contributed by atoms with Gasteiger partial charge in [-0.15, -0.1) is 11.3 Å². The van der Waals surface area contributed by atoms with Crippen LogP contribution in [0.3, 0.4) is 0 Å². The molecule has 110 valence electrons. The Morgan fingerprint density at radius 1 is 1.40 bits per heavy atom. The molecule has 0 aliphatic heterocycles. The van der Waals surface area contributed by atoms with Crippen molar-refractivity contribution >= 4 is 17.3 Å². The van der Waals surface area contributed by atoms with Crippen LogP contribution < -0.4 is 5.32 Å². The lowest BCUT2D eigenvalue weighted by Gasteiger charge is -2.13. The Balaban J connectivity index is 2.08. The second-order valence-electron chi connectivity index (χ2n) is 5.14. The lowest BCUT2D eigenvalue weighted by Crippen LogP contribution is -2.11. The number of aromatic nitrogens is 3. The molecule has 0 spiro atoms. The molecule has 0 aliphatic rings. The zero-order valence-electron chi connectivity index (χ0n) is 12.8. The molecule has 4 nitrogen and oxygen atoms in total. The van der Waals surface area contributed by atoms with Crippen LogP contribution >= 0.6 is 11.3 Å². The van der Waals surface area contributed by atoms with Gasteiger partial charge >= 0.3 is 0 Å². The summed E-state index contributed by atoms with van der Waals surface area (Å²) in [5, 5.41) is 4.62. The van der Waals surface area contributed by atoms with Crippen molar-refractivity contribution < 1.29 is 0 Å². The van der Waals surface area contributed by atoms with Crippen LogP contribution in [0.1, 0.15) is 55.2 Å². The molecule has 1 N–H and O–H groups in total. The molecule has 0 aromatic carbocycles. The number of nitrogens with one attached hydrogen (secondary N) is 1. The van der Waals surface area contributed by atoms with Gasteiger partial charge in [0.05, 0.1) is 11.7 Å². The van der Waals surface area contributed by atoms with Crippen molar-refractivity contribution in [2.45, 2.75) is 59.5 Å². The standard InChI is InChI=1S/C15H24N4S/c1-5-7-8-19-10-11(3)17-15(19)18-12(4)14-16-9-13(6-2)20-14/h9-10,12H,5-8H2,1-4H3,(H,17,18). The highest BCUT2D eigenvalue weighted by Crippen LogP contribution is 2.24. The summed E-state index contributed by atoms with van der Waals surface area (Å²) < 4.78 is 2.21. The summed E-state index contributed by atoms with van der Waals surface area (Å²) in [5.41, 5.74) is 1.06. The van der Waals surface area contributed by atoms with Gasteiger partial charge in [0.15, 0.2) is 0 Å². The van der Waals surface area contributed by atoms with E-state index in [1.54, 1.807) is 11.3 Å². The quantitative estimate of drug-likeness (QED) is 0.832. The van der Waals surface area contributed by atoms with E-state index in [2.05, 4.69) is 46.8 Å². The van der Waals surface area contributed by atoms with Crippen LogP contribution in [0.4, 0.5) is 5.95 Å². The number of hydrogen-bond acceptors (Lipinski definition) is 4. The Labute approximate surface area is 125 Å². The van der Waals surface area contributed by atoms with Crippen LogP contribution in [0, 0.1) is 6.92 Å². The van der Waals surface area contributed by atoms with Crippen LogP contribution in [-0.4, -0.2) is 14.5 Å².